The van der Waals surface area contributed by atoms with Gasteiger partial charge >= 0.3 is 12.0 Å². The molecule has 0 spiro atoms. The van der Waals surface area contributed by atoms with Crippen molar-refractivity contribution in [3.63, 3.8) is 0 Å². The number of carbonyl (C=O) groups is 2. The Labute approximate surface area is 174 Å². The van der Waals surface area contributed by atoms with E-state index < -0.39 is 17.6 Å². The van der Waals surface area contributed by atoms with Crippen molar-refractivity contribution in [1.29, 1.82) is 0 Å². The molecule has 0 aliphatic carbocycles. The molecule has 0 fully saturated rings. The van der Waals surface area contributed by atoms with Crippen molar-refractivity contribution in [1.82, 2.24) is 35.3 Å². The van der Waals surface area contributed by atoms with E-state index in [1.165, 1.54) is 41.2 Å². The monoisotopic (exact) mass is 417 g/mol. The molecule has 0 saturated heterocycles. The van der Waals surface area contributed by atoms with E-state index in [0.717, 1.165) is 5.56 Å². The standard InChI is InChI=1S/C20H15N7O4/c28-17-11-10-16(23-26(17)20(31)21-12-13-4-2-1-3-5-13)18-22-25-27(24-18)15-8-6-14(7-9-15)19(29)30/h1-11H,12H2,(H,21,31)(H,29,30). The van der Waals surface area contributed by atoms with Gasteiger partial charge in [0.05, 0.1) is 11.3 Å². The van der Waals surface area contributed by atoms with Crippen LogP contribution in [0.25, 0.3) is 17.2 Å². The van der Waals surface area contributed by atoms with Gasteiger partial charge < -0.3 is 10.4 Å². The van der Waals surface area contributed by atoms with Crippen molar-refractivity contribution in [3.8, 4) is 17.2 Å². The van der Waals surface area contributed by atoms with Crippen LogP contribution in [0.15, 0.2) is 71.5 Å². The fraction of sp³-hybridized carbons (Fsp3) is 0.0500. The van der Waals surface area contributed by atoms with Crippen molar-refractivity contribution >= 4 is 12.0 Å². The number of amides is 1. The minimum Gasteiger partial charge on any atom is -0.478 e. The summed E-state index contributed by atoms with van der Waals surface area (Å²) in [5.41, 5.74) is 1.05. The quantitative estimate of drug-likeness (QED) is 0.495. The van der Waals surface area contributed by atoms with Crippen LogP contribution in [-0.4, -0.2) is 47.1 Å². The van der Waals surface area contributed by atoms with Crippen molar-refractivity contribution in [2.24, 2.45) is 0 Å². The van der Waals surface area contributed by atoms with Crippen LogP contribution >= 0.6 is 0 Å². The Hall–Kier alpha value is -4.67. The van der Waals surface area contributed by atoms with Crippen LogP contribution in [0.4, 0.5) is 4.79 Å². The lowest BCUT2D eigenvalue weighted by atomic mass is 10.2. The van der Waals surface area contributed by atoms with Gasteiger partial charge in [-0.25, -0.2) is 9.59 Å². The second-order valence-corrected chi connectivity index (χ2v) is 6.37. The molecule has 11 heteroatoms. The molecule has 4 rings (SSSR count). The van der Waals surface area contributed by atoms with Crippen LogP contribution in [0, 0.1) is 0 Å². The molecular formula is C20H15N7O4. The van der Waals surface area contributed by atoms with Gasteiger partial charge in [0.2, 0.25) is 5.82 Å². The van der Waals surface area contributed by atoms with Crippen molar-refractivity contribution in [2.45, 2.75) is 6.54 Å². The fourth-order valence-corrected chi connectivity index (χ4v) is 2.69. The number of benzene rings is 2. The molecule has 0 aliphatic heterocycles. The van der Waals surface area contributed by atoms with Gasteiger partial charge in [0.1, 0.15) is 5.69 Å². The van der Waals surface area contributed by atoms with Gasteiger partial charge in [-0.05, 0) is 41.1 Å². The molecule has 0 bridgehead atoms. The summed E-state index contributed by atoms with van der Waals surface area (Å²) in [6.45, 7) is 0.235. The summed E-state index contributed by atoms with van der Waals surface area (Å²) >= 11 is 0. The summed E-state index contributed by atoms with van der Waals surface area (Å²) < 4.78 is 0.695. The van der Waals surface area contributed by atoms with Crippen LogP contribution in [0.3, 0.4) is 0 Å². The van der Waals surface area contributed by atoms with E-state index in [9.17, 15) is 14.4 Å². The summed E-state index contributed by atoms with van der Waals surface area (Å²) in [6, 6.07) is 17.0. The number of nitrogens with one attached hydrogen (secondary N) is 1. The molecule has 11 nitrogen and oxygen atoms in total. The fourth-order valence-electron chi connectivity index (χ4n) is 2.69. The summed E-state index contributed by atoms with van der Waals surface area (Å²) in [4.78, 5) is 36.7. The predicted molar refractivity (Wildman–Crippen MR) is 108 cm³/mol. The number of hydrogen-bond acceptors (Lipinski definition) is 7. The molecule has 2 N–H and O–H groups in total. The highest BCUT2D eigenvalue weighted by molar-refractivity contribution is 5.87. The number of carbonyl (C=O) groups excluding carboxylic acids is 1. The molecule has 0 atom stereocenters. The first-order valence-corrected chi connectivity index (χ1v) is 9.08. The van der Waals surface area contributed by atoms with Gasteiger partial charge in [0, 0.05) is 12.6 Å². The number of carboxylic acid groups (broad SMARTS) is 1. The summed E-state index contributed by atoms with van der Waals surface area (Å²) in [5, 5.41) is 27.6. The molecule has 2 aromatic heterocycles. The summed E-state index contributed by atoms with van der Waals surface area (Å²) in [6.07, 6.45) is 0. The minimum atomic E-state index is -1.05. The SMILES string of the molecule is O=C(O)c1ccc(-n2nnc(-c3ccc(=O)n(C(=O)NCc4ccccc4)n3)n2)cc1. The molecule has 31 heavy (non-hydrogen) atoms. The first kappa shape index (κ1) is 19.6. The third-order valence-electron chi connectivity index (χ3n) is 4.27. The number of rotatable bonds is 5. The highest BCUT2D eigenvalue weighted by Crippen LogP contribution is 2.12. The van der Waals surface area contributed by atoms with Gasteiger partial charge in [-0.1, -0.05) is 30.3 Å². The van der Waals surface area contributed by atoms with E-state index in [4.69, 9.17) is 5.11 Å². The van der Waals surface area contributed by atoms with E-state index in [2.05, 4.69) is 25.8 Å². The van der Waals surface area contributed by atoms with Gasteiger partial charge in [0.15, 0.2) is 0 Å². The van der Waals surface area contributed by atoms with Gasteiger partial charge in [0.25, 0.3) is 5.56 Å². The molecule has 154 valence electrons. The van der Waals surface area contributed by atoms with Gasteiger partial charge in [-0.2, -0.15) is 5.10 Å². The molecule has 0 radical (unpaired) electrons. The highest BCUT2D eigenvalue weighted by atomic mass is 16.4. The Morgan fingerprint density at radius 3 is 2.39 bits per heavy atom. The lowest BCUT2D eigenvalue weighted by Gasteiger charge is -2.06. The average molecular weight is 417 g/mol. The third-order valence-corrected chi connectivity index (χ3v) is 4.27. The van der Waals surface area contributed by atoms with Crippen LogP contribution in [0.1, 0.15) is 15.9 Å². The Bertz CT molecular complexity index is 1300. The maximum atomic E-state index is 12.4. The summed E-state index contributed by atoms with van der Waals surface area (Å²) in [5.74, 6) is -0.956. The Kier molecular flexibility index (Phi) is 5.30. The smallest absolute Gasteiger partial charge is 0.345 e. The first-order valence-electron chi connectivity index (χ1n) is 9.08. The average Bonchev–Trinajstić information content (AvgIpc) is 3.29. The van der Waals surface area contributed by atoms with Gasteiger partial charge in [-0.3, -0.25) is 4.79 Å². The zero-order valence-corrected chi connectivity index (χ0v) is 15.9. The normalized spacial score (nSPS) is 10.6. The summed E-state index contributed by atoms with van der Waals surface area (Å²) in [7, 11) is 0. The molecule has 0 unspecified atom stereocenters. The van der Waals surface area contributed by atoms with E-state index >= 15 is 0 Å². The number of tetrazole rings is 1. The predicted octanol–water partition coefficient (Wildman–Crippen LogP) is 1.34. The van der Waals surface area contributed by atoms with Crippen molar-refractivity contribution in [2.75, 3.05) is 0 Å². The topological polar surface area (TPSA) is 145 Å². The molecule has 0 saturated carbocycles. The molecule has 0 aliphatic rings. The maximum Gasteiger partial charge on any atom is 0.345 e. The number of hydrogen-bond donors (Lipinski definition) is 2. The Balaban J connectivity index is 1.55. The van der Waals surface area contributed by atoms with Crippen LogP contribution in [0.2, 0.25) is 0 Å². The molecule has 4 aromatic rings. The molecule has 2 heterocycles. The number of carboxylic acids is 1. The van der Waals surface area contributed by atoms with E-state index in [0.29, 0.717) is 10.4 Å². The van der Waals surface area contributed by atoms with Crippen LogP contribution < -0.4 is 10.9 Å². The minimum absolute atomic E-state index is 0.0897. The highest BCUT2D eigenvalue weighted by Gasteiger charge is 2.14. The number of aromatic carboxylic acids is 1. The third kappa shape index (κ3) is 4.34. The van der Waals surface area contributed by atoms with Crippen molar-refractivity contribution in [3.05, 3.63) is 88.2 Å². The zero-order valence-electron chi connectivity index (χ0n) is 15.9. The second kappa shape index (κ2) is 8.37. The van der Waals surface area contributed by atoms with E-state index in [1.807, 2.05) is 30.3 Å². The van der Waals surface area contributed by atoms with Gasteiger partial charge in [-0.15, -0.1) is 19.7 Å². The zero-order chi connectivity index (χ0) is 21.8. The molecule has 1 amide bonds. The van der Waals surface area contributed by atoms with Crippen LogP contribution in [0.5, 0.6) is 0 Å². The number of aromatic nitrogens is 6. The Morgan fingerprint density at radius 1 is 0.935 bits per heavy atom. The second-order valence-electron chi connectivity index (χ2n) is 6.37. The maximum absolute atomic E-state index is 12.4. The first-order chi connectivity index (χ1) is 15.0. The van der Waals surface area contributed by atoms with E-state index in [-0.39, 0.29) is 23.6 Å². The molecular weight excluding hydrogens is 402 g/mol. The lowest BCUT2D eigenvalue weighted by molar-refractivity contribution is 0.0697. The Morgan fingerprint density at radius 2 is 1.68 bits per heavy atom. The largest absolute Gasteiger partial charge is 0.478 e. The molecule has 2 aromatic carbocycles. The van der Waals surface area contributed by atoms with Crippen LogP contribution in [-0.2, 0) is 6.54 Å². The number of nitrogens with zero attached hydrogens (tertiary/aromatic N) is 6. The van der Waals surface area contributed by atoms with Crippen molar-refractivity contribution < 1.29 is 14.7 Å². The lowest BCUT2D eigenvalue weighted by Crippen LogP contribution is -2.37. The van der Waals surface area contributed by atoms with E-state index in [1.54, 1.807) is 0 Å².